The van der Waals surface area contributed by atoms with Gasteiger partial charge in [0.15, 0.2) is 5.65 Å². The standard InChI is InChI=1S/C23H32N4O/c1-9-19(17(7)28)26-22-20-15(5)16(6)27(23(20)25-18(8)24-22)21-13(3)10-12(2)11-14(21)4/h10-11,17,19,28H,9H2,1-8H3,(H,24,25,26). The first-order chi connectivity index (χ1) is 13.1. The van der Waals surface area contributed by atoms with Crippen LogP contribution in [0.25, 0.3) is 16.7 Å². The molecule has 0 aliphatic rings. The van der Waals surface area contributed by atoms with Gasteiger partial charge >= 0.3 is 0 Å². The highest BCUT2D eigenvalue weighted by molar-refractivity contribution is 5.93. The van der Waals surface area contributed by atoms with Crippen LogP contribution in [0.4, 0.5) is 5.82 Å². The van der Waals surface area contributed by atoms with Crippen LogP contribution >= 0.6 is 0 Å². The highest BCUT2D eigenvalue weighted by Crippen LogP contribution is 2.34. The normalized spacial score (nSPS) is 13.8. The molecule has 0 bridgehead atoms. The van der Waals surface area contributed by atoms with Crippen LogP contribution in [0.2, 0.25) is 0 Å². The van der Waals surface area contributed by atoms with E-state index in [9.17, 15) is 5.11 Å². The lowest BCUT2D eigenvalue weighted by Gasteiger charge is -2.21. The van der Waals surface area contributed by atoms with Crippen molar-refractivity contribution in [1.82, 2.24) is 14.5 Å². The zero-order chi connectivity index (χ0) is 20.7. The first-order valence-electron chi connectivity index (χ1n) is 10.0. The van der Waals surface area contributed by atoms with Crippen LogP contribution in [0.1, 0.15) is 54.0 Å². The van der Waals surface area contributed by atoms with Crippen LogP contribution in [0.3, 0.4) is 0 Å². The minimum Gasteiger partial charge on any atom is -0.391 e. The number of fused-ring (bicyclic) bond motifs is 1. The van der Waals surface area contributed by atoms with Gasteiger partial charge in [-0.05, 0) is 71.6 Å². The fourth-order valence-electron chi connectivity index (χ4n) is 4.21. The van der Waals surface area contributed by atoms with Crippen molar-refractivity contribution in [2.45, 2.75) is 74.0 Å². The molecule has 150 valence electrons. The molecule has 2 heterocycles. The summed E-state index contributed by atoms with van der Waals surface area (Å²) in [6, 6.07) is 4.39. The molecule has 28 heavy (non-hydrogen) atoms. The van der Waals surface area contributed by atoms with Gasteiger partial charge in [0.25, 0.3) is 0 Å². The molecule has 5 nitrogen and oxygen atoms in total. The number of aliphatic hydroxyl groups excluding tert-OH is 1. The smallest absolute Gasteiger partial charge is 0.150 e. The van der Waals surface area contributed by atoms with E-state index in [1.54, 1.807) is 0 Å². The van der Waals surface area contributed by atoms with Crippen molar-refractivity contribution in [3.05, 3.63) is 45.9 Å². The quantitative estimate of drug-likeness (QED) is 0.665. The van der Waals surface area contributed by atoms with E-state index in [2.05, 4.69) is 63.6 Å². The lowest BCUT2D eigenvalue weighted by Crippen LogP contribution is -2.31. The van der Waals surface area contributed by atoms with Gasteiger partial charge in [-0.25, -0.2) is 9.97 Å². The third kappa shape index (κ3) is 3.39. The zero-order valence-corrected chi connectivity index (χ0v) is 18.3. The number of rotatable bonds is 5. The third-order valence-electron chi connectivity index (χ3n) is 5.67. The van der Waals surface area contributed by atoms with Crippen LogP contribution in [0.15, 0.2) is 12.1 Å². The van der Waals surface area contributed by atoms with Crippen LogP contribution in [0, 0.1) is 41.5 Å². The van der Waals surface area contributed by atoms with Gasteiger partial charge in [-0.2, -0.15) is 0 Å². The number of aryl methyl sites for hydroxylation is 5. The summed E-state index contributed by atoms with van der Waals surface area (Å²) in [5, 5.41) is 14.6. The molecule has 0 spiro atoms. The Kier molecular flexibility index (Phi) is 5.48. The first kappa shape index (κ1) is 20.3. The van der Waals surface area contributed by atoms with Gasteiger partial charge in [0.1, 0.15) is 11.6 Å². The lowest BCUT2D eigenvalue weighted by molar-refractivity contribution is 0.169. The lowest BCUT2D eigenvalue weighted by atomic mass is 10.0. The summed E-state index contributed by atoms with van der Waals surface area (Å²) in [5.74, 6) is 1.52. The maximum Gasteiger partial charge on any atom is 0.150 e. The fourth-order valence-corrected chi connectivity index (χ4v) is 4.21. The van der Waals surface area contributed by atoms with E-state index < -0.39 is 6.10 Å². The number of benzene rings is 1. The summed E-state index contributed by atoms with van der Waals surface area (Å²) in [4.78, 5) is 9.52. The van der Waals surface area contributed by atoms with E-state index in [-0.39, 0.29) is 6.04 Å². The molecule has 3 rings (SSSR count). The van der Waals surface area contributed by atoms with E-state index in [1.165, 1.54) is 22.4 Å². The molecule has 5 heteroatoms. The van der Waals surface area contributed by atoms with Crippen molar-refractivity contribution in [2.75, 3.05) is 5.32 Å². The third-order valence-corrected chi connectivity index (χ3v) is 5.67. The number of hydrogen-bond acceptors (Lipinski definition) is 4. The fraction of sp³-hybridized carbons (Fsp3) is 0.478. The van der Waals surface area contributed by atoms with Gasteiger partial charge in [0, 0.05) is 5.69 Å². The zero-order valence-electron chi connectivity index (χ0n) is 18.3. The molecule has 2 aromatic heterocycles. The number of hydrogen-bond donors (Lipinski definition) is 2. The molecule has 0 saturated heterocycles. The summed E-state index contributed by atoms with van der Waals surface area (Å²) < 4.78 is 2.26. The average Bonchev–Trinajstić information content (AvgIpc) is 2.83. The van der Waals surface area contributed by atoms with E-state index in [0.29, 0.717) is 0 Å². The minimum absolute atomic E-state index is 0.0524. The van der Waals surface area contributed by atoms with Gasteiger partial charge in [0.2, 0.25) is 0 Å². The number of aliphatic hydroxyl groups is 1. The van der Waals surface area contributed by atoms with E-state index in [1.807, 2.05) is 13.8 Å². The molecule has 2 unspecified atom stereocenters. The van der Waals surface area contributed by atoms with Gasteiger partial charge in [-0.3, -0.25) is 4.57 Å². The second kappa shape index (κ2) is 7.55. The monoisotopic (exact) mass is 380 g/mol. The second-order valence-electron chi connectivity index (χ2n) is 8.01. The highest BCUT2D eigenvalue weighted by atomic mass is 16.3. The van der Waals surface area contributed by atoms with Crippen LogP contribution in [-0.2, 0) is 0 Å². The topological polar surface area (TPSA) is 63.0 Å². The molecular formula is C23H32N4O. The summed E-state index contributed by atoms with van der Waals surface area (Å²) in [7, 11) is 0. The van der Waals surface area contributed by atoms with Crippen molar-refractivity contribution in [2.24, 2.45) is 0 Å². The van der Waals surface area contributed by atoms with Crippen LogP contribution in [0.5, 0.6) is 0 Å². The summed E-state index contributed by atoms with van der Waals surface area (Å²) in [6.45, 7) is 16.5. The maximum atomic E-state index is 10.1. The second-order valence-corrected chi connectivity index (χ2v) is 8.01. The van der Waals surface area contributed by atoms with Gasteiger partial charge in [-0.15, -0.1) is 0 Å². The highest BCUT2D eigenvalue weighted by Gasteiger charge is 2.22. The summed E-state index contributed by atoms with van der Waals surface area (Å²) in [6.07, 6.45) is 0.359. The van der Waals surface area contributed by atoms with Gasteiger partial charge in [0.05, 0.1) is 23.2 Å². The molecule has 0 fully saturated rings. The SMILES string of the molecule is CCC(Nc1nc(C)nc2c1c(C)c(C)n2-c1c(C)cc(C)cc1C)C(C)O. The Morgan fingerprint density at radius 3 is 2.18 bits per heavy atom. The minimum atomic E-state index is -0.458. The predicted molar refractivity (Wildman–Crippen MR) is 117 cm³/mol. The van der Waals surface area contributed by atoms with Crippen molar-refractivity contribution in [3.63, 3.8) is 0 Å². The van der Waals surface area contributed by atoms with Crippen molar-refractivity contribution in [1.29, 1.82) is 0 Å². The Labute approximate surface area is 167 Å². The maximum absolute atomic E-state index is 10.1. The van der Waals surface area contributed by atoms with Crippen LogP contribution < -0.4 is 5.32 Å². The van der Waals surface area contributed by atoms with Gasteiger partial charge in [-0.1, -0.05) is 24.6 Å². The van der Waals surface area contributed by atoms with Crippen molar-refractivity contribution in [3.8, 4) is 5.69 Å². The Morgan fingerprint density at radius 1 is 1.04 bits per heavy atom. The van der Waals surface area contributed by atoms with Crippen molar-refractivity contribution < 1.29 is 5.11 Å². The van der Waals surface area contributed by atoms with Gasteiger partial charge < -0.3 is 10.4 Å². The summed E-state index contributed by atoms with van der Waals surface area (Å²) in [5.41, 5.74) is 8.17. The van der Waals surface area contributed by atoms with Crippen molar-refractivity contribution >= 4 is 16.9 Å². The molecule has 0 amide bonds. The molecule has 3 aromatic rings. The molecule has 0 radical (unpaired) electrons. The van der Waals surface area contributed by atoms with Crippen LogP contribution in [-0.4, -0.2) is 31.8 Å². The number of nitrogens with one attached hydrogen (secondary N) is 1. The molecule has 2 N–H and O–H groups in total. The Bertz CT molecular complexity index is 1010. The first-order valence-corrected chi connectivity index (χ1v) is 10.0. The molecule has 2 atom stereocenters. The Hall–Kier alpha value is -2.40. The van der Waals surface area contributed by atoms with E-state index in [0.717, 1.165) is 40.4 Å². The molecule has 1 aromatic carbocycles. The molecule has 0 saturated carbocycles. The average molecular weight is 381 g/mol. The number of aromatic nitrogens is 3. The molecule has 0 aliphatic heterocycles. The molecular weight excluding hydrogens is 348 g/mol. The van der Waals surface area contributed by atoms with E-state index in [4.69, 9.17) is 9.97 Å². The Morgan fingerprint density at radius 2 is 1.64 bits per heavy atom. The molecule has 0 aliphatic carbocycles. The largest absolute Gasteiger partial charge is 0.391 e. The summed E-state index contributed by atoms with van der Waals surface area (Å²) >= 11 is 0. The van der Waals surface area contributed by atoms with E-state index >= 15 is 0 Å². The number of anilines is 1. The Balaban J connectivity index is 2.32. The predicted octanol–water partition coefficient (Wildman–Crippen LogP) is 4.84. The number of nitrogens with zero attached hydrogens (tertiary/aromatic N) is 3.